The van der Waals surface area contributed by atoms with Crippen LogP contribution in [-0.2, 0) is 11.2 Å². The lowest BCUT2D eigenvalue weighted by Crippen LogP contribution is -2.28. The standard InChI is InChI=1S/C26H29FN4O2/c1-30(26(33)20-10-14-23(15-11-20)31-17-5-7-25(31)32)16-4-2-3-6-22-18-24(29-28-22)19-8-12-21(27)13-9-19/h8-15,18H,2-7,16-17H2,1H3,(H,28,29). The molecule has 0 radical (unpaired) electrons. The van der Waals surface area contributed by atoms with Crippen LogP contribution in [0.4, 0.5) is 10.1 Å². The van der Waals surface area contributed by atoms with E-state index in [-0.39, 0.29) is 17.6 Å². The van der Waals surface area contributed by atoms with Gasteiger partial charge in [-0.3, -0.25) is 14.7 Å². The fourth-order valence-corrected chi connectivity index (χ4v) is 4.13. The molecule has 3 aromatic rings. The molecule has 0 atom stereocenters. The Balaban J connectivity index is 1.19. The number of nitrogens with zero attached hydrogens (tertiary/aromatic N) is 3. The summed E-state index contributed by atoms with van der Waals surface area (Å²) >= 11 is 0. The smallest absolute Gasteiger partial charge is 0.253 e. The summed E-state index contributed by atoms with van der Waals surface area (Å²) in [5, 5.41) is 7.37. The van der Waals surface area contributed by atoms with Gasteiger partial charge in [-0.25, -0.2) is 4.39 Å². The molecular formula is C26H29FN4O2. The van der Waals surface area contributed by atoms with Gasteiger partial charge in [0.1, 0.15) is 5.82 Å². The molecule has 6 nitrogen and oxygen atoms in total. The van der Waals surface area contributed by atoms with Crippen LogP contribution in [0.25, 0.3) is 11.3 Å². The number of hydrogen-bond acceptors (Lipinski definition) is 3. The molecule has 1 N–H and O–H groups in total. The Morgan fingerprint density at radius 2 is 1.85 bits per heavy atom. The van der Waals surface area contributed by atoms with Crippen LogP contribution >= 0.6 is 0 Å². The molecule has 0 saturated carbocycles. The lowest BCUT2D eigenvalue weighted by molar-refractivity contribution is -0.117. The van der Waals surface area contributed by atoms with E-state index >= 15 is 0 Å². The molecule has 1 aromatic heterocycles. The number of anilines is 1. The van der Waals surface area contributed by atoms with Crippen LogP contribution in [0.2, 0.25) is 0 Å². The first kappa shape index (κ1) is 22.7. The van der Waals surface area contributed by atoms with E-state index in [1.54, 1.807) is 34.1 Å². The highest BCUT2D eigenvalue weighted by molar-refractivity contribution is 5.97. The molecule has 1 aliphatic heterocycles. The van der Waals surface area contributed by atoms with E-state index in [4.69, 9.17) is 0 Å². The lowest BCUT2D eigenvalue weighted by atomic mass is 10.1. The summed E-state index contributed by atoms with van der Waals surface area (Å²) in [7, 11) is 1.82. The first-order valence-corrected chi connectivity index (χ1v) is 11.5. The van der Waals surface area contributed by atoms with E-state index in [0.29, 0.717) is 18.5 Å². The van der Waals surface area contributed by atoms with Gasteiger partial charge in [0, 0.05) is 49.1 Å². The summed E-state index contributed by atoms with van der Waals surface area (Å²) in [4.78, 5) is 28.1. The van der Waals surface area contributed by atoms with E-state index in [1.165, 1.54) is 12.1 Å². The number of unbranched alkanes of at least 4 members (excludes halogenated alkanes) is 2. The van der Waals surface area contributed by atoms with E-state index in [9.17, 15) is 14.0 Å². The van der Waals surface area contributed by atoms with Crippen LogP contribution in [-0.4, -0.2) is 47.0 Å². The van der Waals surface area contributed by atoms with Crippen molar-refractivity contribution in [3.05, 3.63) is 71.7 Å². The number of aromatic nitrogens is 2. The maximum absolute atomic E-state index is 13.1. The van der Waals surface area contributed by atoms with E-state index in [0.717, 1.165) is 61.3 Å². The molecular weight excluding hydrogens is 419 g/mol. The molecule has 172 valence electrons. The number of H-pyrrole nitrogens is 1. The normalized spacial score (nSPS) is 13.5. The first-order valence-electron chi connectivity index (χ1n) is 11.5. The third-order valence-corrected chi connectivity index (χ3v) is 6.06. The van der Waals surface area contributed by atoms with Crippen molar-refractivity contribution in [1.82, 2.24) is 15.1 Å². The van der Waals surface area contributed by atoms with Crippen molar-refractivity contribution in [3.63, 3.8) is 0 Å². The molecule has 2 aromatic carbocycles. The largest absolute Gasteiger partial charge is 0.342 e. The van der Waals surface area contributed by atoms with Gasteiger partial charge in [-0.2, -0.15) is 5.10 Å². The number of benzene rings is 2. The third-order valence-electron chi connectivity index (χ3n) is 6.06. The minimum Gasteiger partial charge on any atom is -0.342 e. The molecule has 0 aliphatic carbocycles. The number of rotatable bonds is 9. The minimum absolute atomic E-state index is 0.00759. The molecule has 1 saturated heterocycles. The highest BCUT2D eigenvalue weighted by atomic mass is 19.1. The van der Waals surface area contributed by atoms with Crippen molar-refractivity contribution in [1.29, 1.82) is 0 Å². The molecule has 0 spiro atoms. The summed E-state index contributed by atoms with van der Waals surface area (Å²) in [6.45, 7) is 1.44. The number of nitrogens with one attached hydrogen (secondary N) is 1. The average molecular weight is 449 g/mol. The Morgan fingerprint density at radius 3 is 2.55 bits per heavy atom. The summed E-state index contributed by atoms with van der Waals surface area (Å²) in [5.41, 5.74) is 4.25. The fraction of sp³-hybridized carbons (Fsp3) is 0.346. The van der Waals surface area contributed by atoms with Crippen LogP contribution in [0.1, 0.15) is 48.2 Å². The highest BCUT2D eigenvalue weighted by Gasteiger charge is 2.22. The second-order valence-electron chi connectivity index (χ2n) is 8.52. The van der Waals surface area contributed by atoms with E-state index in [2.05, 4.69) is 10.2 Å². The van der Waals surface area contributed by atoms with E-state index < -0.39 is 0 Å². The number of carbonyl (C=O) groups is 2. The second-order valence-corrected chi connectivity index (χ2v) is 8.52. The van der Waals surface area contributed by atoms with Gasteiger partial charge in [0.25, 0.3) is 5.91 Å². The predicted octanol–water partition coefficient (Wildman–Crippen LogP) is 4.83. The van der Waals surface area contributed by atoms with Gasteiger partial charge < -0.3 is 9.80 Å². The van der Waals surface area contributed by atoms with Crippen molar-refractivity contribution in [2.75, 3.05) is 25.0 Å². The number of amides is 2. The Bertz CT molecular complexity index is 1090. The van der Waals surface area contributed by atoms with Gasteiger partial charge in [0.05, 0.1) is 5.69 Å². The quantitative estimate of drug-likeness (QED) is 0.477. The molecule has 1 fully saturated rings. The molecule has 0 bridgehead atoms. The lowest BCUT2D eigenvalue weighted by Gasteiger charge is -2.19. The van der Waals surface area contributed by atoms with Crippen molar-refractivity contribution in [3.8, 4) is 11.3 Å². The number of aromatic amines is 1. The van der Waals surface area contributed by atoms with Crippen LogP contribution in [0.3, 0.4) is 0 Å². The monoisotopic (exact) mass is 448 g/mol. The Kier molecular flexibility index (Phi) is 7.17. The van der Waals surface area contributed by atoms with Gasteiger partial charge in [0.15, 0.2) is 0 Å². The first-order chi connectivity index (χ1) is 16.0. The average Bonchev–Trinajstić information content (AvgIpc) is 3.48. The Hall–Kier alpha value is -3.48. The highest BCUT2D eigenvalue weighted by Crippen LogP contribution is 2.22. The maximum Gasteiger partial charge on any atom is 0.253 e. The van der Waals surface area contributed by atoms with Crippen molar-refractivity contribution < 1.29 is 14.0 Å². The fourth-order valence-electron chi connectivity index (χ4n) is 4.13. The SMILES string of the molecule is CN(CCCCCc1cc(-c2ccc(F)cc2)n[nH]1)C(=O)c1ccc(N2CCCC2=O)cc1. The van der Waals surface area contributed by atoms with Crippen molar-refractivity contribution >= 4 is 17.5 Å². The van der Waals surface area contributed by atoms with Crippen LogP contribution in [0.15, 0.2) is 54.6 Å². The van der Waals surface area contributed by atoms with Gasteiger partial charge in [-0.05, 0) is 80.3 Å². The predicted molar refractivity (Wildman–Crippen MR) is 127 cm³/mol. The molecule has 2 amide bonds. The summed E-state index contributed by atoms with van der Waals surface area (Å²) in [6, 6.07) is 15.6. The van der Waals surface area contributed by atoms with Crippen LogP contribution in [0, 0.1) is 5.82 Å². The second kappa shape index (κ2) is 10.4. The number of carbonyl (C=O) groups excluding carboxylic acids is 2. The Labute approximate surface area is 193 Å². The summed E-state index contributed by atoms with van der Waals surface area (Å²) < 4.78 is 13.1. The molecule has 7 heteroatoms. The number of halogens is 1. The summed E-state index contributed by atoms with van der Waals surface area (Å²) in [6.07, 6.45) is 5.27. The maximum atomic E-state index is 13.1. The van der Waals surface area contributed by atoms with Crippen LogP contribution < -0.4 is 4.90 Å². The molecule has 4 rings (SSSR count). The zero-order valence-corrected chi connectivity index (χ0v) is 18.9. The van der Waals surface area contributed by atoms with Gasteiger partial charge in [-0.1, -0.05) is 6.42 Å². The molecule has 0 unspecified atom stereocenters. The molecule has 33 heavy (non-hydrogen) atoms. The number of aryl methyl sites for hydroxylation is 1. The number of hydrogen-bond donors (Lipinski definition) is 1. The topological polar surface area (TPSA) is 69.3 Å². The molecule has 1 aliphatic rings. The van der Waals surface area contributed by atoms with Gasteiger partial charge >= 0.3 is 0 Å². The van der Waals surface area contributed by atoms with E-state index in [1.807, 2.05) is 25.2 Å². The zero-order chi connectivity index (χ0) is 23.2. The van der Waals surface area contributed by atoms with Crippen molar-refractivity contribution in [2.45, 2.75) is 38.5 Å². The van der Waals surface area contributed by atoms with Crippen molar-refractivity contribution in [2.24, 2.45) is 0 Å². The summed E-state index contributed by atoms with van der Waals surface area (Å²) in [5.74, 6) is -0.117. The zero-order valence-electron chi connectivity index (χ0n) is 18.9. The van der Waals surface area contributed by atoms with Gasteiger partial charge in [-0.15, -0.1) is 0 Å². The minimum atomic E-state index is -0.256. The Morgan fingerprint density at radius 1 is 1.09 bits per heavy atom. The third kappa shape index (κ3) is 5.66. The van der Waals surface area contributed by atoms with Crippen LogP contribution in [0.5, 0.6) is 0 Å². The molecule has 2 heterocycles. The van der Waals surface area contributed by atoms with Gasteiger partial charge in [0.2, 0.25) is 5.91 Å².